The van der Waals surface area contributed by atoms with E-state index in [1.807, 2.05) is 0 Å². The first-order valence-electron chi connectivity index (χ1n) is 6.60. The number of hydrogen-bond acceptors (Lipinski definition) is 2. The van der Waals surface area contributed by atoms with Crippen molar-refractivity contribution in [2.45, 2.75) is 38.3 Å². The van der Waals surface area contributed by atoms with Crippen molar-refractivity contribution in [1.29, 1.82) is 0 Å². The number of benzene rings is 1. The largest absolute Gasteiger partial charge is 0.396 e. The molecule has 0 heterocycles. The van der Waals surface area contributed by atoms with E-state index in [0.29, 0.717) is 23.5 Å². The van der Waals surface area contributed by atoms with E-state index >= 15 is 0 Å². The Morgan fingerprint density at radius 1 is 1.32 bits per heavy atom. The van der Waals surface area contributed by atoms with Crippen LogP contribution in [0.25, 0.3) is 0 Å². The first-order valence-corrected chi connectivity index (χ1v) is 7.40. The molecule has 1 fully saturated rings. The van der Waals surface area contributed by atoms with Crippen LogP contribution in [-0.4, -0.2) is 29.2 Å². The summed E-state index contributed by atoms with van der Waals surface area (Å²) in [6.45, 7) is 1.04. The Morgan fingerprint density at radius 3 is 2.63 bits per heavy atom. The number of aliphatic hydroxyl groups excluding tert-OH is 1. The molecule has 1 saturated carbocycles. The zero-order valence-corrected chi connectivity index (χ0v) is 12.3. The molecule has 0 aromatic heterocycles. The van der Waals surface area contributed by atoms with Crippen molar-refractivity contribution in [2.75, 3.05) is 13.2 Å². The molecular formula is C14H18BrF2NO. The van der Waals surface area contributed by atoms with Crippen LogP contribution < -0.4 is 0 Å². The van der Waals surface area contributed by atoms with Gasteiger partial charge in [0.25, 0.3) is 0 Å². The standard InChI is InChI=1S/C14H18BrF2NO/c15-12-5-6-13(16)11(14(12)17)9-18(7-2-8-19)10-3-1-4-10/h5-6,10,19H,1-4,7-9H2. The Hall–Kier alpha value is -0.520. The van der Waals surface area contributed by atoms with Gasteiger partial charge in [-0.25, -0.2) is 8.78 Å². The fourth-order valence-corrected chi connectivity index (χ4v) is 2.70. The highest BCUT2D eigenvalue weighted by Gasteiger charge is 2.26. The molecule has 5 heteroatoms. The van der Waals surface area contributed by atoms with Crippen LogP contribution in [0.3, 0.4) is 0 Å². The number of hydrogen-bond donors (Lipinski definition) is 1. The Morgan fingerprint density at radius 2 is 2.05 bits per heavy atom. The third-order valence-electron chi connectivity index (χ3n) is 3.69. The van der Waals surface area contributed by atoms with Gasteiger partial charge in [-0.2, -0.15) is 0 Å². The predicted octanol–water partition coefficient (Wildman–Crippen LogP) is 3.46. The van der Waals surface area contributed by atoms with E-state index in [2.05, 4.69) is 20.8 Å². The van der Waals surface area contributed by atoms with E-state index in [1.54, 1.807) is 0 Å². The molecule has 2 rings (SSSR count). The molecule has 1 N–H and O–H groups in total. The van der Waals surface area contributed by atoms with E-state index in [1.165, 1.54) is 18.6 Å². The van der Waals surface area contributed by atoms with Gasteiger partial charge in [-0.3, -0.25) is 4.90 Å². The highest BCUT2D eigenvalue weighted by atomic mass is 79.9. The second kappa shape index (κ2) is 6.77. The van der Waals surface area contributed by atoms with Gasteiger partial charge in [0.05, 0.1) is 4.47 Å². The molecule has 1 aromatic rings. The van der Waals surface area contributed by atoms with Crippen molar-refractivity contribution in [3.63, 3.8) is 0 Å². The molecule has 0 aliphatic heterocycles. The third kappa shape index (κ3) is 3.52. The molecule has 0 amide bonds. The van der Waals surface area contributed by atoms with E-state index < -0.39 is 11.6 Å². The smallest absolute Gasteiger partial charge is 0.144 e. The van der Waals surface area contributed by atoms with Crippen molar-refractivity contribution in [2.24, 2.45) is 0 Å². The fourth-order valence-electron chi connectivity index (χ4n) is 2.33. The molecule has 1 aromatic carbocycles. The van der Waals surface area contributed by atoms with Crippen LogP contribution in [0, 0.1) is 11.6 Å². The van der Waals surface area contributed by atoms with Gasteiger partial charge in [0, 0.05) is 31.3 Å². The lowest BCUT2D eigenvalue weighted by atomic mass is 9.91. The minimum absolute atomic E-state index is 0.104. The molecule has 0 saturated heterocycles. The summed E-state index contributed by atoms with van der Waals surface area (Å²) in [5, 5.41) is 8.92. The normalized spacial score (nSPS) is 15.8. The van der Waals surface area contributed by atoms with Crippen molar-refractivity contribution >= 4 is 15.9 Å². The molecule has 0 atom stereocenters. The lowest BCUT2D eigenvalue weighted by Gasteiger charge is -2.37. The summed E-state index contributed by atoms with van der Waals surface area (Å²) in [6.07, 6.45) is 3.95. The molecule has 1 aliphatic rings. The van der Waals surface area contributed by atoms with Gasteiger partial charge in [-0.05, 0) is 47.3 Å². The quantitative estimate of drug-likeness (QED) is 0.806. The van der Waals surface area contributed by atoms with Gasteiger partial charge in [0.1, 0.15) is 11.6 Å². The number of nitrogens with zero attached hydrogens (tertiary/aromatic N) is 1. The number of aliphatic hydroxyl groups is 1. The second-order valence-corrected chi connectivity index (χ2v) is 5.81. The summed E-state index contributed by atoms with van der Waals surface area (Å²) in [5.74, 6) is -1.03. The Bertz CT molecular complexity index is 438. The Kier molecular flexibility index (Phi) is 5.30. The first-order chi connectivity index (χ1) is 9.13. The van der Waals surface area contributed by atoms with Crippen LogP contribution in [0.1, 0.15) is 31.2 Å². The third-order valence-corrected chi connectivity index (χ3v) is 4.31. The summed E-state index contributed by atoms with van der Waals surface area (Å²) in [5.41, 5.74) is 0.110. The second-order valence-electron chi connectivity index (χ2n) is 4.95. The summed E-state index contributed by atoms with van der Waals surface area (Å²) >= 11 is 3.09. The highest BCUT2D eigenvalue weighted by molar-refractivity contribution is 9.10. The zero-order chi connectivity index (χ0) is 13.8. The average Bonchev–Trinajstić information content (AvgIpc) is 2.33. The summed E-state index contributed by atoms with van der Waals surface area (Å²) in [6, 6.07) is 3.06. The molecule has 0 bridgehead atoms. The SMILES string of the molecule is OCCCN(Cc1c(F)ccc(Br)c1F)C1CCC1. The van der Waals surface area contributed by atoms with Crippen LogP contribution in [-0.2, 0) is 6.54 Å². The van der Waals surface area contributed by atoms with Crippen molar-refractivity contribution < 1.29 is 13.9 Å². The van der Waals surface area contributed by atoms with Crippen LogP contribution in [0.5, 0.6) is 0 Å². The molecule has 1 aliphatic carbocycles. The van der Waals surface area contributed by atoms with Crippen molar-refractivity contribution in [3.8, 4) is 0 Å². The maximum Gasteiger partial charge on any atom is 0.144 e. The van der Waals surface area contributed by atoms with Crippen LogP contribution in [0.4, 0.5) is 8.78 Å². The molecule has 0 spiro atoms. The average molecular weight is 334 g/mol. The highest BCUT2D eigenvalue weighted by Crippen LogP contribution is 2.29. The summed E-state index contributed by atoms with van der Waals surface area (Å²) < 4.78 is 28.0. The lowest BCUT2D eigenvalue weighted by Crippen LogP contribution is -2.40. The van der Waals surface area contributed by atoms with Gasteiger partial charge in [-0.1, -0.05) is 6.42 Å². The van der Waals surface area contributed by atoms with Crippen LogP contribution in [0.15, 0.2) is 16.6 Å². The van der Waals surface area contributed by atoms with Crippen molar-refractivity contribution in [3.05, 3.63) is 33.8 Å². The van der Waals surface area contributed by atoms with E-state index in [0.717, 1.165) is 12.8 Å². The van der Waals surface area contributed by atoms with E-state index in [-0.39, 0.29) is 18.7 Å². The van der Waals surface area contributed by atoms with E-state index in [4.69, 9.17) is 5.11 Å². The molecule has 2 nitrogen and oxygen atoms in total. The topological polar surface area (TPSA) is 23.5 Å². The summed E-state index contributed by atoms with van der Waals surface area (Å²) in [7, 11) is 0. The Balaban J connectivity index is 2.13. The monoisotopic (exact) mass is 333 g/mol. The van der Waals surface area contributed by atoms with Gasteiger partial charge < -0.3 is 5.11 Å². The lowest BCUT2D eigenvalue weighted by molar-refractivity contribution is 0.107. The predicted molar refractivity (Wildman–Crippen MR) is 73.8 cm³/mol. The van der Waals surface area contributed by atoms with E-state index in [9.17, 15) is 8.78 Å². The maximum atomic E-state index is 14.0. The fraction of sp³-hybridized carbons (Fsp3) is 0.571. The van der Waals surface area contributed by atoms with Gasteiger partial charge in [0.15, 0.2) is 0 Å². The van der Waals surface area contributed by atoms with Crippen LogP contribution >= 0.6 is 15.9 Å². The minimum Gasteiger partial charge on any atom is -0.396 e. The summed E-state index contributed by atoms with van der Waals surface area (Å²) in [4.78, 5) is 2.08. The molecule has 0 unspecified atom stereocenters. The molecule has 0 radical (unpaired) electrons. The molecule has 106 valence electrons. The zero-order valence-electron chi connectivity index (χ0n) is 10.7. The maximum absolute atomic E-state index is 14.0. The van der Waals surface area contributed by atoms with Crippen LogP contribution in [0.2, 0.25) is 0 Å². The van der Waals surface area contributed by atoms with Gasteiger partial charge >= 0.3 is 0 Å². The number of rotatable bonds is 6. The number of halogens is 3. The van der Waals surface area contributed by atoms with Gasteiger partial charge in [-0.15, -0.1) is 0 Å². The molecule has 19 heavy (non-hydrogen) atoms. The minimum atomic E-state index is -0.520. The molecular weight excluding hydrogens is 316 g/mol. The van der Waals surface area contributed by atoms with Crippen molar-refractivity contribution in [1.82, 2.24) is 4.90 Å². The first kappa shape index (κ1) is 14.9. The Labute approximate surface area is 120 Å². The van der Waals surface area contributed by atoms with Gasteiger partial charge in [0.2, 0.25) is 0 Å².